The van der Waals surface area contributed by atoms with Gasteiger partial charge in [-0.15, -0.1) is 0 Å². The number of urea groups is 1. The van der Waals surface area contributed by atoms with E-state index in [2.05, 4.69) is 15.6 Å². The number of amides is 4. The van der Waals surface area contributed by atoms with E-state index in [-0.39, 0.29) is 18.2 Å². The number of rotatable bonds is 1. The van der Waals surface area contributed by atoms with E-state index < -0.39 is 47.3 Å². The third-order valence-electron chi connectivity index (χ3n) is 6.64. The van der Waals surface area contributed by atoms with Crippen molar-refractivity contribution in [2.45, 2.75) is 44.7 Å². The zero-order chi connectivity index (χ0) is 24.4. The van der Waals surface area contributed by atoms with Crippen molar-refractivity contribution in [3.8, 4) is 11.3 Å². The Labute approximate surface area is 192 Å². The normalized spacial score (nSPS) is 26.0. The lowest BCUT2D eigenvalue weighted by Crippen LogP contribution is -2.75. The molecule has 4 heterocycles. The van der Waals surface area contributed by atoms with Crippen molar-refractivity contribution in [3.05, 3.63) is 47.7 Å². The standard InChI is InChI=1S/C23H21F3N4O4/c1-11-10-30-16-7-6-13(15-4-3-5-17(27-15)23(24,25)26)8-14(16)9-22(18(30)12(2)34-11)19(31)28-21(33)29-20(22)32/h3-8,11-12,18H,9-10H2,1-2H3,(H2,28,29,31,32,33)/t11-,12+,18-/m1/s1. The van der Waals surface area contributed by atoms with Crippen molar-refractivity contribution in [1.29, 1.82) is 0 Å². The number of halogens is 3. The fourth-order valence-electron chi connectivity index (χ4n) is 5.36. The molecule has 3 aliphatic heterocycles. The number of alkyl halides is 3. The van der Waals surface area contributed by atoms with Crippen LogP contribution in [-0.4, -0.2) is 47.6 Å². The van der Waals surface area contributed by atoms with E-state index in [9.17, 15) is 27.6 Å². The molecule has 34 heavy (non-hydrogen) atoms. The Morgan fingerprint density at radius 1 is 1.09 bits per heavy atom. The second-order valence-electron chi connectivity index (χ2n) is 8.88. The number of imide groups is 2. The van der Waals surface area contributed by atoms with Gasteiger partial charge in [-0.1, -0.05) is 12.1 Å². The van der Waals surface area contributed by atoms with Crippen LogP contribution in [0.5, 0.6) is 0 Å². The van der Waals surface area contributed by atoms with Gasteiger partial charge < -0.3 is 9.64 Å². The fraction of sp³-hybridized carbons (Fsp3) is 0.391. The number of pyridine rings is 1. The summed E-state index contributed by atoms with van der Waals surface area (Å²) in [5, 5.41) is 4.41. The number of hydrogen-bond acceptors (Lipinski definition) is 6. The maximum absolute atomic E-state index is 13.2. The summed E-state index contributed by atoms with van der Waals surface area (Å²) in [5.41, 5.74) is -0.787. The summed E-state index contributed by atoms with van der Waals surface area (Å²) in [6, 6.07) is 7.16. The molecule has 2 N–H and O–H groups in total. The molecule has 1 spiro atoms. The van der Waals surface area contributed by atoms with E-state index in [0.29, 0.717) is 17.7 Å². The van der Waals surface area contributed by atoms with E-state index in [1.54, 1.807) is 25.1 Å². The second-order valence-corrected chi connectivity index (χ2v) is 8.88. The molecule has 0 unspecified atom stereocenters. The van der Waals surface area contributed by atoms with E-state index in [1.165, 1.54) is 12.1 Å². The highest BCUT2D eigenvalue weighted by Gasteiger charge is 2.62. The molecule has 2 fully saturated rings. The van der Waals surface area contributed by atoms with Crippen LogP contribution in [0.25, 0.3) is 11.3 Å². The van der Waals surface area contributed by atoms with Gasteiger partial charge in [0.25, 0.3) is 0 Å². The molecular weight excluding hydrogens is 453 g/mol. The molecule has 0 saturated carbocycles. The van der Waals surface area contributed by atoms with Gasteiger partial charge in [0.2, 0.25) is 11.8 Å². The summed E-state index contributed by atoms with van der Waals surface area (Å²) >= 11 is 0. The van der Waals surface area contributed by atoms with E-state index in [4.69, 9.17) is 4.74 Å². The molecule has 2 aromatic rings. The summed E-state index contributed by atoms with van der Waals surface area (Å²) in [4.78, 5) is 43.8. The van der Waals surface area contributed by atoms with Crippen LogP contribution < -0.4 is 15.5 Å². The van der Waals surface area contributed by atoms with Gasteiger partial charge in [-0.25, -0.2) is 9.78 Å². The molecule has 0 aliphatic carbocycles. The Hall–Kier alpha value is -3.47. The second kappa shape index (κ2) is 7.52. The number of fused-ring (bicyclic) bond motifs is 4. The fourth-order valence-corrected chi connectivity index (χ4v) is 5.36. The molecule has 11 heteroatoms. The Morgan fingerprint density at radius 3 is 2.47 bits per heavy atom. The average molecular weight is 474 g/mol. The number of benzene rings is 1. The minimum absolute atomic E-state index is 0.0523. The minimum atomic E-state index is -4.59. The van der Waals surface area contributed by atoms with Gasteiger partial charge in [0.05, 0.1) is 23.9 Å². The highest BCUT2D eigenvalue weighted by Crippen LogP contribution is 2.47. The van der Waals surface area contributed by atoms with Crippen LogP contribution in [0.2, 0.25) is 0 Å². The molecular formula is C23H21F3N4O4. The monoisotopic (exact) mass is 474 g/mol. The molecule has 1 aromatic heterocycles. The zero-order valence-electron chi connectivity index (χ0n) is 18.3. The van der Waals surface area contributed by atoms with Crippen LogP contribution in [0.1, 0.15) is 25.1 Å². The number of carbonyl (C=O) groups is 3. The molecule has 3 aliphatic rings. The maximum atomic E-state index is 13.2. The summed E-state index contributed by atoms with van der Waals surface area (Å²) in [5.74, 6) is -1.45. The Balaban J connectivity index is 1.65. The quantitative estimate of drug-likeness (QED) is 0.617. The van der Waals surface area contributed by atoms with Gasteiger partial charge in [-0.3, -0.25) is 20.2 Å². The topological polar surface area (TPSA) is 101 Å². The predicted octanol–water partition coefficient (Wildman–Crippen LogP) is 2.66. The minimum Gasteiger partial charge on any atom is -0.372 e. The highest BCUT2D eigenvalue weighted by molar-refractivity contribution is 6.20. The van der Waals surface area contributed by atoms with Crippen molar-refractivity contribution >= 4 is 23.5 Å². The molecule has 4 amide bonds. The number of aromatic nitrogens is 1. The van der Waals surface area contributed by atoms with Crippen molar-refractivity contribution in [2.24, 2.45) is 5.41 Å². The Kier molecular flexibility index (Phi) is 4.94. The van der Waals surface area contributed by atoms with Crippen LogP contribution >= 0.6 is 0 Å². The lowest BCUT2D eigenvalue weighted by molar-refractivity contribution is -0.153. The van der Waals surface area contributed by atoms with E-state index in [1.807, 2.05) is 11.8 Å². The average Bonchev–Trinajstić information content (AvgIpc) is 2.76. The molecule has 1 aromatic carbocycles. The summed E-state index contributed by atoms with van der Waals surface area (Å²) < 4.78 is 45.5. The van der Waals surface area contributed by atoms with Crippen molar-refractivity contribution < 1.29 is 32.3 Å². The van der Waals surface area contributed by atoms with Crippen molar-refractivity contribution in [3.63, 3.8) is 0 Å². The van der Waals surface area contributed by atoms with Gasteiger partial charge in [0.15, 0.2) is 5.41 Å². The summed E-state index contributed by atoms with van der Waals surface area (Å²) in [6.45, 7) is 4.04. The number of ether oxygens (including phenoxy) is 1. The molecule has 0 radical (unpaired) electrons. The number of nitrogens with one attached hydrogen (secondary N) is 2. The molecule has 8 nitrogen and oxygen atoms in total. The molecule has 2 saturated heterocycles. The number of morpholine rings is 1. The number of anilines is 1. The first-order chi connectivity index (χ1) is 16.0. The van der Waals surface area contributed by atoms with Crippen molar-refractivity contribution in [2.75, 3.05) is 11.4 Å². The summed E-state index contributed by atoms with van der Waals surface area (Å²) in [6.07, 6.45) is -5.35. The van der Waals surface area contributed by atoms with Gasteiger partial charge in [0.1, 0.15) is 5.69 Å². The first kappa shape index (κ1) is 22.3. The smallest absolute Gasteiger partial charge is 0.372 e. The third-order valence-corrected chi connectivity index (χ3v) is 6.64. The largest absolute Gasteiger partial charge is 0.433 e. The Morgan fingerprint density at radius 2 is 1.79 bits per heavy atom. The predicted molar refractivity (Wildman–Crippen MR) is 114 cm³/mol. The highest BCUT2D eigenvalue weighted by atomic mass is 19.4. The maximum Gasteiger partial charge on any atom is 0.433 e. The molecule has 178 valence electrons. The van der Waals surface area contributed by atoms with Crippen LogP contribution in [0.15, 0.2) is 36.4 Å². The van der Waals surface area contributed by atoms with Crippen molar-refractivity contribution in [1.82, 2.24) is 15.6 Å². The van der Waals surface area contributed by atoms with Crippen LogP contribution in [0.3, 0.4) is 0 Å². The molecule has 3 atom stereocenters. The van der Waals surface area contributed by atoms with Gasteiger partial charge >= 0.3 is 12.2 Å². The number of nitrogens with zero attached hydrogens (tertiary/aromatic N) is 2. The van der Waals surface area contributed by atoms with Gasteiger partial charge in [-0.05, 0) is 50.1 Å². The number of barbiturate groups is 1. The lowest BCUT2D eigenvalue weighted by atomic mass is 9.66. The van der Waals surface area contributed by atoms with Gasteiger partial charge in [-0.2, -0.15) is 13.2 Å². The SMILES string of the molecule is C[C@@H]1CN2c3ccc(-c4cccc(C(F)(F)F)n4)cc3CC3(C(=O)NC(=O)NC3=O)[C@H]2[C@H](C)O1. The first-order valence-electron chi connectivity index (χ1n) is 10.8. The van der Waals surface area contributed by atoms with E-state index in [0.717, 1.165) is 11.8 Å². The first-order valence-corrected chi connectivity index (χ1v) is 10.8. The third kappa shape index (κ3) is 3.33. The van der Waals surface area contributed by atoms with Crippen LogP contribution in [-0.2, 0) is 26.9 Å². The Bertz CT molecular complexity index is 1190. The number of hydrogen-bond donors (Lipinski definition) is 2. The van der Waals surface area contributed by atoms with Crippen LogP contribution in [0, 0.1) is 5.41 Å². The lowest BCUT2D eigenvalue weighted by Gasteiger charge is -2.55. The number of carbonyl (C=O) groups excluding carboxylic acids is 3. The zero-order valence-corrected chi connectivity index (χ0v) is 18.3. The van der Waals surface area contributed by atoms with Gasteiger partial charge in [0, 0.05) is 17.8 Å². The van der Waals surface area contributed by atoms with E-state index >= 15 is 0 Å². The molecule has 0 bridgehead atoms. The van der Waals surface area contributed by atoms with Crippen LogP contribution in [0.4, 0.5) is 23.7 Å². The molecule has 5 rings (SSSR count). The summed E-state index contributed by atoms with van der Waals surface area (Å²) in [7, 11) is 0.